The summed E-state index contributed by atoms with van der Waals surface area (Å²) in [6, 6.07) is 7.50. The zero-order valence-corrected chi connectivity index (χ0v) is 15.5. The molecule has 152 valence electrons. The molecule has 1 fully saturated rings. The zero-order valence-electron chi connectivity index (χ0n) is 15.5. The van der Waals surface area contributed by atoms with Gasteiger partial charge in [-0.15, -0.1) is 0 Å². The Labute approximate surface area is 162 Å². The highest BCUT2D eigenvalue weighted by molar-refractivity contribution is 5.87. The van der Waals surface area contributed by atoms with E-state index in [-0.39, 0.29) is 5.91 Å². The summed E-state index contributed by atoms with van der Waals surface area (Å²) < 4.78 is 0. The van der Waals surface area contributed by atoms with Crippen molar-refractivity contribution in [3.8, 4) is 0 Å². The molecule has 2 amide bonds. The van der Waals surface area contributed by atoms with Crippen molar-refractivity contribution < 1.29 is 35.1 Å². The maximum atomic E-state index is 12.6. The number of carboxylic acids is 2. The van der Waals surface area contributed by atoms with Crippen molar-refractivity contribution in [2.24, 2.45) is 5.92 Å². The van der Waals surface area contributed by atoms with Gasteiger partial charge in [-0.05, 0) is 18.4 Å². The number of piperidine rings is 1. The van der Waals surface area contributed by atoms with E-state index in [2.05, 4.69) is 11.1 Å². The molecule has 9 heteroatoms. The van der Waals surface area contributed by atoms with Crippen LogP contribution in [0.4, 0.5) is 0 Å². The maximum absolute atomic E-state index is 12.6. The maximum Gasteiger partial charge on any atom is 0.281 e. The summed E-state index contributed by atoms with van der Waals surface area (Å²) in [6.07, 6.45) is 0.395. The first-order valence-corrected chi connectivity index (χ1v) is 9.14. The van der Waals surface area contributed by atoms with Gasteiger partial charge in [0.25, 0.3) is 5.91 Å². The summed E-state index contributed by atoms with van der Waals surface area (Å²) in [5.74, 6) is -4.41. The average Bonchev–Trinajstić information content (AvgIpc) is 2.67. The minimum absolute atomic E-state index is 0.0905. The summed E-state index contributed by atoms with van der Waals surface area (Å²) in [6.45, 7) is 0.711. The third kappa shape index (κ3) is 6.05. The van der Waals surface area contributed by atoms with Crippen molar-refractivity contribution >= 4 is 23.8 Å². The molecule has 1 aliphatic heterocycles. The lowest BCUT2D eigenvalue weighted by atomic mass is 9.94. The normalized spacial score (nSPS) is 16.8. The van der Waals surface area contributed by atoms with Crippen LogP contribution in [0.2, 0.25) is 0 Å². The number of hydrogen-bond acceptors (Lipinski definition) is 6. The Kier molecular flexibility index (Phi) is 7.51. The van der Waals surface area contributed by atoms with Gasteiger partial charge in [-0.3, -0.25) is 9.59 Å². The molecule has 1 saturated heterocycles. The van der Waals surface area contributed by atoms with Crippen LogP contribution in [0.5, 0.6) is 0 Å². The van der Waals surface area contributed by atoms with Gasteiger partial charge < -0.3 is 35.8 Å². The van der Waals surface area contributed by atoms with Crippen molar-refractivity contribution in [3.05, 3.63) is 35.9 Å². The van der Waals surface area contributed by atoms with Crippen molar-refractivity contribution in [1.82, 2.24) is 10.2 Å². The monoisotopic (exact) mass is 390 g/mol. The molecule has 4 N–H and O–H groups in total. The fraction of sp³-hybridized carbons (Fsp3) is 0.474. The molecule has 0 unspecified atom stereocenters. The van der Waals surface area contributed by atoms with E-state index in [4.69, 9.17) is 0 Å². The number of nitrogens with one attached hydrogen (secondary N) is 1. The largest absolute Gasteiger partial charge is 0.550 e. The molecule has 2 rings (SSSR count). The van der Waals surface area contributed by atoms with Crippen molar-refractivity contribution in [2.75, 3.05) is 13.1 Å². The topological polar surface area (TPSA) is 157 Å². The van der Waals surface area contributed by atoms with Crippen LogP contribution >= 0.6 is 0 Å². The molecule has 0 aromatic heterocycles. The number of nitrogens with zero attached hydrogens (tertiary/aromatic N) is 1. The third-order valence-electron chi connectivity index (χ3n) is 4.82. The average molecular weight is 390 g/mol. The van der Waals surface area contributed by atoms with E-state index in [1.54, 1.807) is 4.90 Å². The second-order valence-corrected chi connectivity index (χ2v) is 6.94. The van der Waals surface area contributed by atoms with Gasteiger partial charge >= 0.3 is 0 Å². The van der Waals surface area contributed by atoms with E-state index in [1.165, 1.54) is 0 Å². The van der Waals surface area contributed by atoms with E-state index in [9.17, 15) is 29.4 Å². The molecule has 2 atom stereocenters. The molecular formula is C19H24N3O6-. The Morgan fingerprint density at radius 1 is 1.11 bits per heavy atom. The van der Waals surface area contributed by atoms with Crippen molar-refractivity contribution in [1.29, 1.82) is 0 Å². The fourth-order valence-electron chi connectivity index (χ4n) is 3.26. The van der Waals surface area contributed by atoms with Crippen LogP contribution in [0.3, 0.4) is 0 Å². The number of rotatable bonds is 8. The highest BCUT2D eigenvalue weighted by Crippen LogP contribution is 2.18. The molecular weight excluding hydrogens is 366 g/mol. The Hall–Kier alpha value is -2.94. The van der Waals surface area contributed by atoms with E-state index in [0.717, 1.165) is 5.56 Å². The van der Waals surface area contributed by atoms with E-state index in [1.807, 2.05) is 30.3 Å². The number of carbonyl (C=O) groups is 4. The molecule has 1 aromatic rings. The first-order valence-electron chi connectivity index (χ1n) is 9.14. The SMILES string of the molecule is [NH3+][C@@H](Cc1ccccc1)C(=O)N1CCC(C(=O)N[C@@H](CC(=O)[O-])C(=O)[O-])CC1. The van der Waals surface area contributed by atoms with Crippen molar-refractivity contribution in [2.45, 2.75) is 37.8 Å². The lowest BCUT2D eigenvalue weighted by Gasteiger charge is -2.33. The van der Waals surface area contributed by atoms with Crippen LogP contribution in [0.1, 0.15) is 24.8 Å². The molecule has 0 saturated carbocycles. The first-order chi connectivity index (χ1) is 13.3. The van der Waals surface area contributed by atoms with Crippen LogP contribution in [0, 0.1) is 5.92 Å². The Morgan fingerprint density at radius 3 is 2.25 bits per heavy atom. The van der Waals surface area contributed by atoms with Crippen LogP contribution < -0.4 is 21.3 Å². The van der Waals surface area contributed by atoms with E-state index in [0.29, 0.717) is 32.4 Å². The molecule has 0 aliphatic carbocycles. The quantitative estimate of drug-likeness (QED) is 0.468. The number of carbonyl (C=O) groups excluding carboxylic acids is 4. The highest BCUT2D eigenvalue weighted by atomic mass is 16.4. The number of amides is 2. The Morgan fingerprint density at radius 2 is 1.71 bits per heavy atom. The standard InChI is InChI=1S/C19H25N3O6/c20-14(10-12-4-2-1-3-5-12)18(26)22-8-6-13(7-9-22)17(25)21-15(19(27)28)11-16(23)24/h1-5,13-15H,6-11,20H2,(H,21,25)(H,23,24)(H,27,28)/p-1/t14-,15-/m0/s1. The lowest BCUT2D eigenvalue weighted by Crippen LogP contribution is -2.69. The van der Waals surface area contributed by atoms with Gasteiger partial charge in [0, 0.05) is 37.8 Å². The van der Waals surface area contributed by atoms with Gasteiger partial charge in [-0.2, -0.15) is 0 Å². The van der Waals surface area contributed by atoms with Gasteiger partial charge in [0.2, 0.25) is 5.91 Å². The summed E-state index contributed by atoms with van der Waals surface area (Å²) in [5, 5.41) is 23.7. The van der Waals surface area contributed by atoms with Crippen LogP contribution in [0.25, 0.3) is 0 Å². The number of quaternary nitrogens is 1. The predicted octanol–water partition coefficient (Wildman–Crippen LogP) is -3.55. The summed E-state index contributed by atoms with van der Waals surface area (Å²) >= 11 is 0. The molecule has 0 spiro atoms. The zero-order chi connectivity index (χ0) is 20.7. The van der Waals surface area contributed by atoms with Gasteiger partial charge in [0.05, 0.1) is 12.0 Å². The third-order valence-corrected chi connectivity index (χ3v) is 4.82. The second-order valence-electron chi connectivity index (χ2n) is 6.94. The Bertz CT molecular complexity index is 716. The van der Waals surface area contributed by atoms with Gasteiger partial charge in [-0.1, -0.05) is 30.3 Å². The number of likely N-dealkylation sites (tertiary alicyclic amines) is 1. The number of carboxylic acid groups (broad SMARTS) is 2. The van der Waals surface area contributed by atoms with E-state index >= 15 is 0 Å². The van der Waals surface area contributed by atoms with E-state index < -0.39 is 42.3 Å². The summed E-state index contributed by atoms with van der Waals surface area (Å²) in [5.41, 5.74) is 4.96. The number of benzene rings is 1. The Balaban J connectivity index is 1.84. The smallest absolute Gasteiger partial charge is 0.281 e. The van der Waals surface area contributed by atoms with Crippen LogP contribution in [0.15, 0.2) is 30.3 Å². The predicted molar refractivity (Wildman–Crippen MR) is 92.7 cm³/mol. The lowest BCUT2D eigenvalue weighted by molar-refractivity contribution is -0.405. The number of aliphatic carboxylic acids is 2. The van der Waals surface area contributed by atoms with Crippen LogP contribution in [-0.4, -0.2) is 53.8 Å². The van der Waals surface area contributed by atoms with Crippen LogP contribution in [-0.2, 0) is 25.6 Å². The van der Waals surface area contributed by atoms with Gasteiger partial charge in [0.15, 0.2) is 6.04 Å². The minimum atomic E-state index is -1.68. The van der Waals surface area contributed by atoms with Gasteiger partial charge in [-0.25, -0.2) is 0 Å². The van der Waals surface area contributed by atoms with Gasteiger partial charge in [0.1, 0.15) is 0 Å². The molecule has 0 radical (unpaired) electrons. The molecule has 1 heterocycles. The second kappa shape index (κ2) is 9.84. The molecule has 1 aliphatic rings. The minimum Gasteiger partial charge on any atom is -0.550 e. The van der Waals surface area contributed by atoms with Crippen molar-refractivity contribution in [3.63, 3.8) is 0 Å². The summed E-state index contributed by atoms with van der Waals surface area (Å²) in [7, 11) is 0. The molecule has 28 heavy (non-hydrogen) atoms. The molecule has 1 aromatic carbocycles. The molecule has 9 nitrogen and oxygen atoms in total. The fourth-order valence-corrected chi connectivity index (χ4v) is 3.26. The summed E-state index contributed by atoms with van der Waals surface area (Å²) in [4.78, 5) is 48.0. The first kappa shape index (κ1) is 21.4. The molecule has 0 bridgehead atoms. The number of hydrogen-bond donors (Lipinski definition) is 2. The highest BCUT2D eigenvalue weighted by Gasteiger charge is 2.31.